The van der Waals surface area contributed by atoms with Crippen molar-refractivity contribution in [3.05, 3.63) is 36.5 Å². The minimum Gasteiger partial charge on any atom is -0.394 e. The Morgan fingerprint density at radius 3 is 1.10 bits per heavy atom. The lowest BCUT2D eigenvalue weighted by molar-refractivity contribution is -0.124. The van der Waals surface area contributed by atoms with Crippen LogP contribution >= 0.6 is 0 Å². The first-order chi connectivity index (χ1) is 28.5. The lowest BCUT2D eigenvalue weighted by Crippen LogP contribution is -2.45. The molecule has 4 N–H and O–H groups in total. The Morgan fingerprint density at radius 1 is 0.431 bits per heavy atom. The Bertz CT molecular complexity index is 901. The van der Waals surface area contributed by atoms with E-state index in [-0.39, 0.29) is 18.9 Å². The molecule has 0 saturated heterocycles. The second kappa shape index (κ2) is 48.2. The Hall–Kier alpha value is -1.43. The Morgan fingerprint density at radius 2 is 0.741 bits per heavy atom. The Labute approximate surface area is 362 Å². The van der Waals surface area contributed by atoms with Gasteiger partial charge in [0.05, 0.1) is 31.3 Å². The summed E-state index contributed by atoms with van der Waals surface area (Å²) in [4.78, 5) is 12.5. The third kappa shape index (κ3) is 44.1. The number of carbonyl (C=O) groups is 1. The SMILES string of the molecule is CCCCCCCCCCCCCC/C=C\CCCCCCCCC(O)CC(=O)NC(CO)C(O)/C=C/CC/C=C/CCCCCCCCCCCCCCCCC. The van der Waals surface area contributed by atoms with E-state index in [1.807, 2.05) is 6.08 Å². The highest BCUT2D eigenvalue weighted by Gasteiger charge is 2.20. The van der Waals surface area contributed by atoms with E-state index in [9.17, 15) is 20.1 Å². The normalized spacial score (nSPS) is 13.7. The lowest BCUT2D eigenvalue weighted by atomic mass is 10.0. The van der Waals surface area contributed by atoms with Crippen molar-refractivity contribution in [2.24, 2.45) is 0 Å². The van der Waals surface area contributed by atoms with E-state index in [1.165, 1.54) is 212 Å². The summed E-state index contributed by atoms with van der Waals surface area (Å²) >= 11 is 0. The third-order valence-electron chi connectivity index (χ3n) is 11.9. The van der Waals surface area contributed by atoms with Gasteiger partial charge < -0.3 is 20.6 Å². The number of carbonyl (C=O) groups excluding carboxylic acids is 1. The second-order valence-corrected chi connectivity index (χ2v) is 17.8. The van der Waals surface area contributed by atoms with Crippen LogP contribution in [0.5, 0.6) is 0 Å². The highest BCUT2D eigenvalue weighted by Crippen LogP contribution is 2.16. The molecule has 0 aromatic heterocycles. The van der Waals surface area contributed by atoms with Crippen LogP contribution < -0.4 is 5.32 Å². The van der Waals surface area contributed by atoms with Crippen LogP contribution in [0.15, 0.2) is 36.5 Å². The molecule has 5 nitrogen and oxygen atoms in total. The predicted molar refractivity (Wildman–Crippen MR) is 254 cm³/mol. The fraction of sp³-hybridized carbons (Fsp3) is 0.868. The third-order valence-corrected chi connectivity index (χ3v) is 11.9. The molecule has 0 aliphatic heterocycles. The van der Waals surface area contributed by atoms with E-state index in [0.717, 1.165) is 32.1 Å². The molecular formula is C53H101NO4. The van der Waals surface area contributed by atoms with Crippen LogP contribution in [0.2, 0.25) is 0 Å². The zero-order chi connectivity index (χ0) is 42.3. The van der Waals surface area contributed by atoms with Gasteiger partial charge in [-0.1, -0.05) is 243 Å². The van der Waals surface area contributed by atoms with E-state index < -0.39 is 18.2 Å². The molecule has 3 atom stereocenters. The number of nitrogens with one attached hydrogen (secondary N) is 1. The molecule has 1 amide bonds. The van der Waals surface area contributed by atoms with Gasteiger partial charge in [0.25, 0.3) is 0 Å². The van der Waals surface area contributed by atoms with Crippen molar-refractivity contribution < 1.29 is 20.1 Å². The standard InChI is InChI=1S/C53H101NO4/c1-3-5-7-9-11-13-15-17-19-21-23-25-27-28-30-32-34-36-38-40-42-44-46-50(56)48-53(58)54-51(49-55)52(57)47-45-43-41-39-37-35-33-31-29-26-24-22-20-18-16-14-12-10-8-6-4-2/h28,30,37,39,45,47,50-52,55-57H,3-27,29,31-36,38,40-44,46,48-49H2,1-2H3,(H,54,58)/b30-28-,39-37+,47-45+. The molecule has 0 aliphatic carbocycles. The number of rotatable bonds is 47. The van der Waals surface area contributed by atoms with Gasteiger partial charge in [-0.15, -0.1) is 0 Å². The molecule has 0 aromatic carbocycles. The quantitative estimate of drug-likeness (QED) is 0.0364. The topological polar surface area (TPSA) is 89.8 Å². The number of hydrogen-bond donors (Lipinski definition) is 4. The number of allylic oxidation sites excluding steroid dienone is 5. The first kappa shape index (κ1) is 56.6. The van der Waals surface area contributed by atoms with Crippen LogP contribution in [0, 0.1) is 0 Å². The number of unbranched alkanes of at least 4 members (excludes halogenated alkanes) is 34. The Balaban J connectivity index is 3.65. The maximum Gasteiger partial charge on any atom is 0.222 e. The summed E-state index contributed by atoms with van der Waals surface area (Å²) in [7, 11) is 0. The van der Waals surface area contributed by atoms with Gasteiger partial charge in [-0.25, -0.2) is 0 Å². The highest BCUT2D eigenvalue weighted by molar-refractivity contribution is 5.76. The van der Waals surface area contributed by atoms with Gasteiger partial charge in [0.1, 0.15) is 0 Å². The molecule has 58 heavy (non-hydrogen) atoms. The largest absolute Gasteiger partial charge is 0.394 e. The smallest absolute Gasteiger partial charge is 0.222 e. The van der Waals surface area contributed by atoms with Gasteiger partial charge in [0.15, 0.2) is 0 Å². The molecule has 0 bridgehead atoms. The molecule has 5 heteroatoms. The fourth-order valence-corrected chi connectivity index (χ4v) is 7.94. The summed E-state index contributed by atoms with van der Waals surface area (Å²) in [5.74, 6) is -0.326. The molecule has 0 aromatic rings. The molecule has 3 unspecified atom stereocenters. The molecule has 0 fully saturated rings. The van der Waals surface area contributed by atoms with Crippen molar-refractivity contribution >= 4 is 5.91 Å². The van der Waals surface area contributed by atoms with Crippen LogP contribution in [0.3, 0.4) is 0 Å². The predicted octanol–water partition coefficient (Wildman–Crippen LogP) is 15.5. The van der Waals surface area contributed by atoms with E-state index in [4.69, 9.17) is 0 Å². The molecule has 342 valence electrons. The van der Waals surface area contributed by atoms with E-state index >= 15 is 0 Å². The average molecular weight is 816 g/mol. The number of aliphatic hydroxyl groups is 3. The van der Waals surface area contributed by atoms with Crippen molar-refractivity contribution in [1.29, 1.82) is 0 Å². The summed E-state index contributed by atoms with van der Waals surface area (Å²) in [6, 6.07) is -0.763. The van der Waals surface area contributed by atoms with Gasteiger partial charge in [-0.05, 0) is 57.8 Å². The van der Waals surface area contributed by atoms with E-state index in [2.05, 4.69) is 43.5 Å². The first-order valence-electron chi connectivity index (χ1n) is 25.8. The van der Waals surface area contributed by atoms with E-state index in [1.54, 1.807) is 6.08 Å². The molecular weight excluding hydrogens is 715 g/mol. The van der Waals surface area contributed by atoms with Gasteiger partial charge in [-0.2, -0.15) is 0 Å². The lowest BCUT2D eigenvalue weighted by Gasteiger charge is -2.21. The van der Waals surface area contributed by atoms with Gasteiger partial charge in [-0.3, -0.25) is 4.79 Å². The van der Waals surface area contributed by atoms with Crippen molar-refractivity contribution in [3.63, 3.8) is 0 Å². The first-order valence-corrected chi connectivity index (χ1v) is 25.8. The van der Waals surface area contributed by atoms with Gasteiger partial charge in [0, 0.05) is 0 Å². The Kier molecular flexibility index (Phi) is 47.0. The van der Waals surface area contributed by atoms with E-state index in [0.29, 0.717) is 6.42 Å². The zero-order valence-corrected chi connectivity index (χ0v) is 38.9. The van der Waals surface area contributed by atoms with Crippen molar-refractivity contribution in [1.82, 2.24) is 5.32 Å². The van der Waals surface area contributed by atoms with Crippen LogP contribution in [0.4, 0.5) is 0 Å². The molecule has 0 saturated carbocycles. The fourth-order valence-electron chi connectivity index (χ4n) is 7.94. The van der Waals surface area contributed by atoms with Crippen molar-refractivity contribution in [2.75, 3.05) is 6.61 Å². The van der Waals surface area contributed by atoms with Crippen LogP contribution in [-0.4, -0.2) is 46.1 Å². The van der Waals surface area contributed by atoms with Crippen LogP contribution in [0.25, 0.3) is 0 Å². The summed E-state index contributed by atoms with van der Waals surface area (Å²) < 4.78 is 0. The van der Waals surface area contributed by atoms with Crippen molar-refractivity contribution in [3.8, 4) is 0 Å². The molecule has 0 radical (unpaired) electrons. The van der Waals surface area contributed by atoms with Crippen molar-refractivity contribution in [2.45, 2.75) is 289 Å². The summed E-state index contributed by atoms with van der Waals surface area (Å²) in [6.07, 6.45) is 61.7. The van der Waals surface area contributed by atoms with Crippen LogP contribution in [-0.2, 0) is 4.79 Å². The monoisotopic (exact) mass is 816 g/mol. The minimum absolute atomic E-state index is 0.00265. The number of hydrogen-bond acceptors (Lipinski definition) is 4. The number of amides is 1. The van der Waals surface area contributed by atoms with Crippen LogP contribution in [0.1, 0.15) is 271 Å². The molecule has 0 heterocycles. The zero-order valence-electron chi connectivity index (χ0n) is 38.9. The van der Waals surface area contributed by atoms with Gasteiger partial charge in [0.2, 0.25) is 5.91 Å². The molecule has 0 spiro atoms. The minimum atomic E-state index is -0.954. The molecule has 0 aliphatic rings. The maximum absolute atomic E-state index is 12.5. The summed E-state index contributed by atoms with van der Waals surface area (Å²) in [5.41, 5.74) is 0. The van der Waals surface area contributed by atoms with Gasteiger partial charge >= 0.3 is 0 Å². The summed E-state index contributed by atoms with van der Waals surface area (Å²) in [5, 5.41) is 33.3. The maximum atomic E-state index is 12.5. The average Bonchev–Trinajstić information content (AvgIpc) is 3.22. The second-order valence-electron chi connectivity index (χ2n) is 17.8. The number of aliphatic hydroxyl groups excluding tert-OH is 3. The molecule has 0 rings (SSSR count). The summed E-state index contributed by atoms with van der Waals surface area (Å²) in [6.45, 7) is 4.22. The highest BCUT2D eigenvalue weighted by atomic mass is 16.3.